The molecule has 0 heterocycles. The summed E-state index contributed by atoms with van der Waals surface area (Å²) in [6.45, 7) is 0. The van der Waals surface area contributed by atoms with Gasteiger partial charge in [-0.05, 0) is 6.16 Å². The zero-order valence-corrected chi connectivity index (χ0v) is 6.90. The van der Waals surface area contributed by atoms with Crippen LogP contribution >= 0.6 is 0 Å². The van der Waals surface area contributed by atoms with E-state index in [1.165, 1.54) is 0 Å². The summed E-state index contributed by atoms with van der Waals surface area (Å²) in [5, 5.41) is 22.2. The van der Waals surface area contributed by atoms with Gasteiger partial charge in [0.25, 0.3) is 0 Å². The van der Waals surface area contributed by atoms with Gasteiger partial charge in [-0.1, -0.05) is 4.53 Å². The summed E-state index contributed by atoms with van der Waals surface area (Å²) in [5.41, 5.74) is 0. The molecule has 0 spiro atoms. The second kappa shape index (κ2) is 39.6. The summed E-state index contributed by atoms with van der Waals surface area (Å²) in [6, 6.07) is 0. The molecule has 0 atom stereocenters. The Morgan fingerprint density at radius 3 is 1.33 bits per heavy atom. The van der Waals surface area contributed by atoms with E-state index in [4.69, 9.17) is 24.8 Å². The van der Waals surface area contributed by atoms with Gasteiger partial charge in [0.2, 0.25) is 0 Å². The predicted octanol–water partition coefficient (Wildman–Crippen LogP) is -4.17. The quantitative estimate of drug-likeness (QED) is 0.367. The Balaban J connectivity index is -0.00000000990. The van der Waals surface area contributed by atoms with Gasteiger partial charge in [-0.3, -0.25) is 0 Å². The van der Waals surface area contributed by atoms with Gasteiger partial charge in [0.1, 0.15) is 0 Å². The van der Waals surface area contributed by atoms with E-state index in [0.717, 1.165) is 0 Å². The van der Waals surface area contributed by atoms with E-state index in [-0.39, 0.29) is 45.9 Å². The van der Waals surface area contributed by atoms with Crippen LogP contribution in [0.4, 0.5) is 9.32 Å². The molecule has 5 nitrogen and oxygen atoms in total. The summed E-state index contributed by atoms with van der Waals surface area (Å²) in [5.74, 6) is 0. The van der Waals surface area contributed by atoms with Gasteiger partial charge in [-0.2, -0.15) is 0 Å². The van der Waals surface area contributed by atoms with Gasteiger partial charge in [0, 0.05) is 0 Å². The van der Waals surface area contributed by atoms with Crippen LogP contribution in [0.2, 0.25) is 0 Å². The molecule has 0 aromatic rings. The number of carbonyl (C=O) groups excluding carboxylic acids is 1. The maximum absolute atomic E-state index is 8.50. The summed E-state index contributed by atoms with van der Waals surface area (Å²) in [7, 11) is 0. The molecule has 0 rings (SSSR count). The number of carbonyl (C=O) groups is 1. The van der Waals surface area contributed by atoms with Crippen LogP contribution in [0.5, 0.6) is 0 Å². The number of carboxylic acid groups (broad SMARTS) is 2. The van der Waals surface area contributed by atoms with Crippen LogP contribution in [0.3, 0.4) is 0 Å². The molecule has 0 saturated carbocycles. The Morgan fingerprint density at radius 1 is 1.33 bits per heavy atom. The molecule has 0 aromatic carbocycles. The van der Waals surface area contributed by atoms with E-state index in [1.54, 1.807) is 0 Å². The van der Waals surface area contributed by atoms with Crippen molar-refractivity contribution in [2.45, 2.75) is 0 Å². The number of halogens is 1. The first kappa shape index (κ1) is 34.2. The summed E-state index contributed by atoms with van der Waals surface area (Å²) in [4.78, 5) is 8.33. The Morgan fingerprint density at radius 2 is 1.33 bits per heavy atom. The molecule has 0 radical (unpaired) electrons. The standard InChI is InChI=1S/CH2O3.Al.FHO.Mg.H2O/c2-1(3)4;;1-2;;/h(H2,2,3,4);;2H;;1H2/q;+3;;+2;/p-2. The van der Waals surface area contributed by atoms with Gasteiger partial charge in [-0.25, -0.2) is 5.31 Å². The fraction of sp³-hybridized carbons (Fsp3) is 0. The van der Waals surface area contributed by atoms with Crippen molar-refractivity contribution >= 4 is 46.6 Å². The number of hydrogen-bond donors (Lipinski definition) is 1. The van der Waals surface area contributed by atoms with Crippen molar-refractivity contribution < 1.29 is 30.3 Å². The van der Waals surface area contributed by atoms with Gasteiger partial charge in [0.05, 0.1) is 0 Å². The minimum atomic E-state index is -2.33. The van der Waals surface area contributed by atoms with E-state index >= 15 is 0 Å². The van der Waals surface area contributed by atoms with E-state index in [0.29, 0.717) is 0 Å². The molecule has 9 heavy (non-hydrogen) atoms. The molecular weight excluding hydrogens is 162 g/mol. The third kappa shape index (κ3) is 1980. The summed E-state index contributed by atoms with van der Waals surface area (Å²) < 4.78 is 8.50. The van der Waals surface area contributed by atoms with Crippen molar-refractivity contribution in [3.8, 4) is 0 Å². The van der Waals surface area contributed by atoms with Crippen molar-refractivity contribution in [2.75, 3.05) is 0 Å². The molecule has 0 aliphatic carbocycles. The maximum atomic E-state index is 8.50. The SMILES string of the molecule is O.O=C([O-])[O-].OF.[Al+3].[Mg+2]. The third-order valence-corrected chi connectivity index (χ3v) is 0. The minimum absolute atomic E-state index is 0. The normalized spacial score (nSPS) is 3.33. The van der Waals surface area contributed by atoms with Gasteiger partial charge in [-0.15, -0.1) is 0 Å². The first-order valence-electron chi connectivity index (χ1n) is 0.781. The van der Waals surface area contributed by atoms with E-state index in [2.05, 4.69) is 0 Å². The average molecular weight is 165 g/mol. The molecule has 3 N–H and O–H groups in total. The molecule has 0 aliphatic rings. The molecular formula is CH3AlFMgO5+3. The van der Waals surface area contributed by atoms with Crippen LogP contribution in [0.25, 0.3) is 0 Å². The molecule has 8 heteroatoms. The minimum Gasteiger partial charge on any atom is -0.652 e. The second-order valence-electron chi connectivity index (χ2n) is 0.250. The van der Waals surface area contributed by atoms with Crippen LogP contribution in [0.15, 0.2) is 0 Å². The summed E-state index contributed by atoms with van der Waals surface area (Å²) in [6.07, 6.45) is -2.33. The Bertz CT molecular complexity index is 39.9. The largest absolute Gasteiger partial charge is 3.00 e. The van der Waals surface area contributed by atoms with Crippen molar-refractivity contribution in [1.29, 1.82) is 0 Å². The van der Waals surface area contributed by atoms with E-state index < -0.39 is 6.16 Å². The van der Waals surface area contributed by atoms with E-state index in [9.17, 15) is 0 Å². The average Bonchev–Trinajstić information content (AvgIpc) is 1.41. The monoisotopic (exact) mass is 165 g/mol. The Kier molecular flexibility index (Phi) is 151. The van der Waals surface area contributed by atoms with Crippen molar-refractivity contribution in [2.24, 2.45) is 0 Å². The Hall–Kier alpha value is 0.419. The zero-order valence-electron chi connectivity index (χ0n) is 4.33. The fourth-order valence-corrected chi connectivity index (χ4v) is 0. The van der Waals surface area contributed by atoms with Crippen molar-refractivity contribution in [3.05, 3.63) is 0 Å². The second-order valence-corrected chi connectivity index (χ2v) is 0.250. The number of hydrogen-bond acceptors (Lipinski definition) is 4. The fourth-order valence-electron chi connectivity index (χ4n) is 0. The van der Waals surface area contributed by atoms with Crippen LogP contribution in [0, 0.1) is 0 Å². The molecule has 0 unspecified atom stereocenters. The third-order valence-electron chi connectivity index (χ3n) is 0. The first-order chi connectivity index (χ1) is 2.73. The summed E-state index contributed by atoms with van der Waals surface area (Å²) >= 11 is 0. The zero-order chi connectivity index (χ0) is 5.58. The predicted molar refractivity (Wildman–Crippen MR) is 23.8 cm³/mol. The van der Waals surface area contributed by atoms with Crippen molar-refractivity contribution in [3.63, 3.8) is 0 Å². The topological polar surface area (TPSA) is 115 Å². The van der Waals surface area contributed by atoms with Crippen LogP contribution < -0.4 is 10.2 Å². The van der Waals surface area contributed by atoms with Crippen molar-refractivity contribution in [1.82, 2.24) is 0 Å². The Labute approximate surface area is 77.0 Å². The van der Waals surface area contributed by atoms with Gasteiger partial charge < -0.3 is 20.5 Å². The van der Waals surface area contributed by atoms with Crippen LogP contribution in [-0.2, 0) is 0 Å². The molecule has 0 aromatic heterocycles. The van der Waals surface area contributed by atoms with Gasteiger partial charge in [0.15, 0.2) is 0 Å². The van der Waals surface area contributed by atoms with Crippen LogP contribution in [-0.4, -0.2) is 57.4 Å². The molecule has 0 fully saturated rings. The molecule has 0 amide bonds. The van der Waals surface area contributed by atoms with Crippen LogP contribution in [0.1, 0.15) is 0 Å². The van der Waals surface area contributed by atoms with E-state index in [1.807, 2.05) is 0 Å². The smallest absolute Gasteiger partial charge is 0.652 e. The molecule has 0 saturated heterocycles. The number of rotatable bonds is 0. The molecule has 0 bridgehead atoms. The molecule has 0 aliphatic heterocycles. The maximum Gasteiger partial charge on any atom is 3.00 e. The van der Waals surface area contributed by atoms with Gasteiger partial charge >= 0.3 is 40.4 Å². The molecule has 46 valence electrons. The first-order valence-corrected chi connectivity index (χ1v) is 0.781.